The lowest BCUT2D eigenvalue weighted by atomic mass is 9.38. The summed E-state index contributed by atoms with van der Waals surface area (Å²) in [6.45, 7) is 16.2. The molecule has 0 nitrogen and oxygen atoms in total. The highest BCUT2D eigenvalue weighted by Crippen LogP contribution is 2.41. The molecular weight excluding hydrogens is 178 g/mol. The van der Waals surface area contributed by atoms with Gasteiger partial charge in [-0.05, 0) is 19.2 Å². The Morgan fingerprint density at radius 3 is 2.13 bits per heavy atom. The Morgan fingerprint density at radius 1 is 1.27 bits per heavy atom. The lowest BCUT2D eigenvalue weighted by Gasteiger charge is -2.32. The summed E-state index contributed by atoms with van der Waals surface area (Å²) in [6, 6.07) is 0. The Hall–Kier alpha value is -0.130. The van der Waals surface area contributed by atoms with Crippen LogP contribution in [0.25, 0.3) is 0 Å². The second-order valence-corrected chi connectivity index (χ2v) is 5.90. The maximum Gasteiger partial charge on any atom is 0.128 e. The van der Waals surface area contributed by atoms with Gasteiger partial charge in [-0.2, -0.15) is 0 Å². The van der Waals surface area contributed by atoms with E-state index in [9.17, 15) is 0 Å². The standard InChI is InChI=1S/C13H28B2/c1-8-11(3)13(6,14-7)10-15-12(4,5)9-2/h8,14-15H,9-10H2,1-7H3/b11-8+. The van der Waals surface area contributed by atoms with Crippen molar-refractivity contribution < 1.29 is 0 Å². The summed E-state index contributed by atoms with van der Waals surface area (Å²) in [5.41, 5.74) is 1.55. The topological polar surface area (TPSA) is 0 Å². The van der Waals surface area contributed by atoms with Gasteiger partial charge in [0.25, 0.3) is 0 Å². The summed E-state index contributed by atoms with van der Waals surface area (Å²) in [6.07, 6.45) is 4.88. The number of hydrogen-bond donors (Lipinski definition) is 0. The molecule has 0 saturated heterocycles. The third-order valence-electron chi connectivity index (χ3n) is 4.48. The quantitative estimate of drug-likeness (QED) is 0.453. The van der Waals surface area contributed by atoms with E-state index >= 15 is 0 Å². The molecule has 0 aromatic heterocycles. The Balaban J connectivity index is 4.47. The Kier molecular flexibility index (Phi) is 5.77. The van der Waals surface area contributed by atoms with Gasteiger partial charge in [0.15, 0.2) is 0 Å². The van der Waals surface area contributed by atoms with Gasteiger partial charge in [-0.1, -0.05) is 64.2 Å². The van der Waals surface area contributed by atoms with E-state index in [0.29, 0.717) is 10.6 Å². The zero-order valence-electron chi connectivity index (χ0n) is 11.9. The fraction of sp³-hybridized carbons (Fsp3) is 0.846. The van der Waals surface area contributed by atoms with Crippen LogP contribution in [-0.2, 0) is 0 Å². The lowest BCUT2D eigenvalue weighted by molar-refractivity contribution is 0.630. The first-order chi connectivity index (χ1) is 6.81. The number of hydrogen-bond acceptors (Lipinski definition) is 0. The van der Waals surface area contributed by atoms with Crippen LogP contribution in [0.5, 0.6) is 0 Å². The van der Waals surface area contributed by atoms with E-state index in [1.165, 1.54) is 27.3 Å². The van der Waals surface area contributed by atoms with Crippen LogP contribution in [0.2, 0.25) is 23.8 Å². The van der Waals surface area contributed by atoms with Crippen molar-refractivity contribution in [1.29, 1.82) is 0 Å². The van der Waals surface area contributed by atoms with Crippen LogP contribution in [0.1, 0.15) is 48.0 Å². The molecular formula is C13H28B2. The Bertz CT molecular complexity index is 219. The zero-order valence-corrected chi connectivity index (χ0v) is 11.9. The maximum absolute atomic E-state index is 2.41. The summed E-state index contributed by atoms with van der Waals surface area (Å²) in [4.78, 5) is 0. The monoisotopic (exact) mass is 206 g/mol. The molecule has 0 aliphatic rings. The van der Waals surface area contributed by atoms with E-state index in [2.05, 4.69) is 54.4 Å². The minimum absolute atomic E-state index is 0.418. The molecule has 86 valence electrons. The van der Waals surface area contributed by atoms with Crippen molar-refractivity contribution in [3.05, 3.63) is 11.6 Å². The lowest BCUT2D eigenvalue weighted by Crippen LogP contribution is -2.23. The van der Waals surface area contributed by atoms with Crippen molar-refractivity contribution in [3.63, 3.8) is 0 Å². The van der Waals surface area contributed by atoms with Crippen molar-refractivity contribution in [2.24, 2.45) is 0 Å². The van der Waals surface area contributed by atoms with Gasteiger partial charge >= 0.3 is 0 Å². The molecule has 0 saturated carbocycles. The molecule has 0 N–H and O–H groups in total. The van der Waals surface area contributed by atoms with Crippen LogP contribution < -0.4 is 0 Å². The highest BCUT2D eigenvalue weighted by Gasteiger charge is 2.28. The molecule has 0 aromatic rings. The van der Waals surface area contributed by atoms with Gasteiger partial charge < -0.3 is 0 Å². The largest absolute Gasteiger partial charge is 0.128 e. The molecule has 1 atom stereocenters. The third kappa shape index (κ3) is 4.49. The molecule has 0 amide bonds. The average molecular weight is 206 g/mol. The highest BCUT2D eigenvalue weighted by atomic mass is 14.2. The van der Waals surface area contributed by atoms with E-state index in [1.807, 2.05) is 0 Å². The summed E-state index contributed by atoms with van der Waals surface area (Å²) in [5, 5.41) is 0.922. The number of rotatable bonds is 6. The van der Waals surface area contributed by atoms with E-state index in [-0.39, 0.29) is 0 Å². The van der Waals surface area contributed by atoms with E-state index in [0.717, 1.165) is 0 Å². The fourth-order valence-corrected chi connectivity index (χ4v) is 1.79. The fourth-order valence-electron chi connectivity index (χ4n) is 1.79. The van der Waals surface area contributed by atoms with Gasteiger partial charge in [-0.3, -0.25) is 0 Å². The molecule has 0 aliphatic heterocycles. The molecule has 0 aromatic carbocycles. The predicted molar refractivity (Wildman–Crippen MR) is 77.1 cm³/mol. The van der Waals surface area contributed by atoms with Gasteiger partial charge in [0, 0.05) is 0 Å². The minimum Gasteiger partial charge on any atom is -0.0889 e. The van der Waals surface area contributed by atoms with Crippen LogP contribution in [0.4, 0.5) is 0 Å². The molecule has 0 spiro atoms. The summed E-state index contributed by atoms with van der Waals surface area (Å²) in [5.74, 6) is 0. The van der Waals surface area contributed by atoms with Crippen LogP contribution >= 0.6 is 0 Å². The van der Waals surface area contributed by atoms with E-state index in [1.54, 1.807) is 5.57 Å². The Morgan fingerprint density at radius 2 is 1.80 bits per heavy atom. The van der Waals surface area contributed by atoms with E-state index in [4.69, 9.17) is 0 Å². The molecule has 0 radical (unpaired) electrons. The third-order valence-corrected chi connectivity index (χ3v) is 4.48. The summed E-state index contributed by atoms with van der Waals surface area (Å²) < 4.78 is 0. The second-order valence-electron chi connectivity index (χ2n) is 5.90. The molecule has 0 bridgehead atoms. The van der Waals surface area contributed by atoms with Crippen LogP contribution in [0.15, 0.2) is 11.6 Å². The smallest absolute Gasteiger partial charge is 0.0889 e. The summed E-state index contributed by atoms with van der Waals surface area (Å²) in [7, 11) is 2.59. The molecule has 15 heavy (non-hydrogen) atoms. The van der Waals surface area contributed by atoms with Crippen molar-refractivity contribution in [1.82, 2.24) is 0 Å². The zero-order chi connectivity index (χ0) is 12.1. The van der Waals surface area contributed by atoms with Crippen LogP contribution in [-0.4, -0.2) is 14.6 Å². The van der Waals surface area contributed by atoms with Gasteiger partial charge in [0.1, 0.15) is 14.6 Å². The second kappa shape index (κ2) is 5.82. The molecule has 1 unspecified atom stereocenters. The van der Waals surface area contributed by atoms with Crippen molar-refractivity contribution in [3.8, 4) is 0 Å². The number of allylic oxidation sites excluding steroid dienone is 2. The van der Waals surface area contributed by atoms with E-state index < -0.39 is 0 Å². The average Bonchev–Trinajstić information content (AvgIpc) is 2.24. The van der Waals surface area contributed by atoms with Gasteiger partial charge in [0.2, 0.25) is 0 Å². The Labute approximate surface area is 98.4 Å². The molecule has 0 fully saturated rings. The molecule has 0 heterocycles. The predicted octanol–water partition coefficient (Wildman–Crippen LogP) is 4.08. The van der Waals surface area contributed by atoms with Crippen molar-refractivity contribution in [2.45, 2.75) is 71.7 Å². The first-order valence-corrected chi connectivity index (χ1v) is 6.44. The minimum atomic E-state index is 0.418. The van der Waals surface area contributed by atoms with Crippen molar-refractivity contribution in [2.75, 3.05) is 0 Å². The van der Waals surface area contributed by atoms with Gasteiger partial charge in [0.05, 0.1) is 0 Å². The first-order valence-electron chi connectivity index (χ1n) is 6.44. The molecule has 0 aliphatic carbocycles. The normalized spacial score (nSPS) is 17.1. The SMILES string of the molecule is CBC(C)(CBC(C)(C)CC)/C(C)=C/C. The van der Waals surface area contributed by atoms with Gasteiger partial charge in [-0.25, -0.2) is 0 Å². The first kappa shape index (κ1) is 14.9. The van der Waals surface area contributed by atoms with Gasteiger partial charge in [-0.15, -0.1) is 0 Å². The molecule has 0 rings (SSSR count). The highest BCUT2D eigenvalue weighted by molar-refractivity contribution is 6.47. The molecule has 2 heteroatoms. The summed E-state index contributed by atoms with van der Waals surface area (Å²) >= 11 is 0. The maximum atomic E-state index is 2.41. The van der Waals surface area contributed by atoms with Crippen LogP contribution in [0, 0.1) is 0 Å². The van der Waals surface area contributed by atoms with Crippen LogP contribution in [0.3, 0.4) is 0 Å². The van der Waals surface area contributed by atoms with Crippen molar-refractivity contribution >= 4 is 14.6 Å².